The maximum Gasteiger partial charge on any atom is 0.416 e. The van der Waals surface area contributed by atoms with Crippen LogP contribution in [0.4, 0.5) is 18.2 Å². The van der Waals surface area contributed by atoms with Crippen molar-refractivity contribution in [3.63, 3.8) is 0 Å². The highest BCUT2D eigenvalue weighted by Gasteiger charge is 2.30. The number of ether oxygens (including phenoxy) is 2. The second-order valence-electron chi connectivity index (χ2n) is 7.58. The first-order valence-corrected chi connectivity index (χ1v) is 11.3. The number of hydrogen-bond donors (Lipinski definition) is 1. The second-order valence-corrected chi connectivity index (χ2v) is 8.67. The van der Waals surface area contributed by atoms with Gasteiger partial charge in [-0.15, -0.1) is 11.3 Å². The second kappa shape index (κ2) is 10.2. The Bertz CT molecular complexity index is 1330. The van der Waals surface area contributed by atoms with Gasteiger partial charge in [-0.25, -0.2) is 4.98 Å². The summed E-state index contributed by atoms with van der Waals surface area (Å²) in [6.07, 6.45) is -4.19. The Balaban J connectivity index is 1.38. The number of nitrogens with zero attached hydrogens (tertiary/aromatic N) is 1. The Labute approximate surface area is 203 Å². The molecule has 0 saturated heterocycles. The van der Waals surface area contributed by atoms with E-state index in [2.05, 4.69) is 10.3 Å². The summed E-state index contributed by atoms with van der Waals surface area (Å²) in [5.74, 6) is 1.36. The SMILES string of the molecule is COc1cccc(OCc2ccc(C(=O)Nc3sc(Cc4cccc(C(F)(F)F)c4)nc3C)o2)c1. The Morgan fingerprint density at radius 1 is 1.09 bits per heavy atom. The molecular weight excluding hydrogens is 481 g/mol. The van der Waals surface area contributed by atoms with Gasteiger partial charge in [-0.3, -0.25) is 4.79 Å². The normalized spacial score (nSPS) is 11.3. The molecule has 0 atom stereocenters. The molecule has 182 valence electrons. The maximum atomic E-state index is 13.0. The van der Waals surface area contributed by atoms with E-state index in [4.69, 9.17) is 13.9 Å². The Morgan fingerprint density at radius 2 is 1.86 bits per heavy atom. The monoisotopic (exact) mass is 502 g/mol. The first-order valence-electron chi connectivity index (χ1n) is 10.5. The lowest BCUT2D eigenvalue weighted by Crippen LogP contribution is -2.10. The number of aryl methyl sites for hydroxylation is 1. The predicted octanol–water partition coefficient (Wildman–Crippen LogP) is 6.49. The lowest BCUT2D eigenvalue weighted by atomic mass is 10.1. The van der Waals surface area contributed by atoms with Crippen LogP contribution < -0.4 is 14.8 Å². The van der Waals surface area contributed by atoms with Gasteiger partial charge >= 0.3 is 6.18 Å². The van der Waals surface area contributed by atoms with Crippen LogP contribution >= 0.6 is 11.3 Å². The van der Waals surface area contributed by atoms with E-state index in [-0.39, 0.29) is 18.8 Å². The topological polar surface area (TPSA) is 73.6 Å². The zero-order valence-corrected chi connectivity index (χ0v) is 19.6. The zero-order valence-electron chi connectivity index (χ0n) is 18.8. The summed E-state index contributed by atoms with van der Waals surface area (Å²) in [4.78, 5) is 17.0. The van der Waals surface area contributed by atoms with Crippen LogP contribution in [0, 0.1) is 6.92 Å². The van der Waals surface area contributed by atoms with Gasteiger partial charge in [0.25, 0.3) is 5.91 Å². The molecule has 2 aromatic heterocycles. The van der Waals surface area contributed by atoms with Crippen LogP contribution in [0.1, 0.15) is 38.1 Å². The number of furan rings is 1. The van der Waals surface area contributed by atoms with Crippen LogP contribution in [0.25, 0.3) is 0 Å². The molecule has 35 heavy (non-hydrogen) atoms. The third kappa shape index (κ3) is 6.21. The van der Waals surface area contributed by atoms with E-state index in [1.165, 1.54) is 17.4 Å². The molecule has 0 unspecified atom stereocenters. The molecule has 1 amide bonds. The van der Waals surface area contributed by atoms with Crippen molar-refractivity contribution in [1.82, 2.24) is 4.98 Å². The van der Waals surface area contributed by atoms with Gasteiger partial charge in [0, 0.05) is 12.5 Å². The summed E-state index contributed by atoms with van der Waals surface area (Å²) < 4.78 is 55.3. The number of nitrogens with one attached hydrogen (secondary N) is 1. The lowest BCUT2D eigenvalue weighted by Gasteiger charge is -2.07. The number of carbonyl (C=O) groups is 1. The number of rotatable bonds is 8. The summed E-state index contributed by atoms with van der Waals surface area (Å²) in [7, 11) is 1.57. The van der Waals surface area contributed by atoms with Crippen LogP contribution in [0.5, 0.6) is 11.5 Å². The molecule has 2 aromatic carbocycles. The van der Waals surface area contributed by atoms with Crippen molar-refractivity contribution in [2.75, 3.05) is 12.4 Å². The standard InChI is InChI=1S/C25H21F3N2O4S/c1-15-24(35-22(29-15)12-16-5-3-6-17(11-16)25(26,27)28)30-23(31)21-10-9-20(34-21)14-33-19-8-4-7-18(13-19)32-2/h3-11,13H,12,14H2,1-2H3,(H,30,31). The van der Waals surface area contributed by atoms with Gasteiger partial charge < -0.3 is 19.2 Å². The summed E-state index contributed by atoms with van der Waals surface area (Å²) in [6, 6.07) is 15.4. The average Bonchev–Trinajstić information content (AvgIpc) is 3.44. The summed E-state index contributed by atoms with van der Waals surface area (Å²) >= 11 is 1.21. The van der Waals surface area contributed by atoms with Crippen LogP contribution in [0.3, 0.4) is 0 Å². The predicted molar refractivity (Wildman–Crippen MR) is 125 cm³/mol. The number of benzene rings is 2. The minimum atomic E-state index is -4.41. The number of aromatic nitrogens is 1. The maximum absolute atomic E-state index is 13.0. The summed E-state index contributed by atoms with van der Waals surface area (Å²) in [6.45, 7) is 1.85. The Kier molecular flexibility index (Phi) is 7.11. The van der Waals surface area contributed by atoms with E-state index >= 15 is 0 Å². The third-order valence-corrected chi connectivity index (χ3v) is 6.06. The molecule has 0 spiro atoms. The summed E-state index contributed by atoms with van der Waals surface area (Å²) in [5, 5.41) is 3.85. The van der Waals surface area contributed by atoms with Gasteiger partial charge in [0.2, 0.25) is 0 Å². The molecule has 4 aromatic rings. The average molecular weight is 503 g/mol. The van der Waals surface area contributed by atoms with Gasteiger partial charge in [0.05, 0.1) is 23.4 Å². The van der Waals surface area contributed by atoms with Crippen LogP contribution in [0.15, 0.2) is 65.1 Å². The van der Waals surface area contributed by atoms with Crippen molar-refractivity contribution in [3.05, 3.63) is 94.0 Å². The van der Waals surface area contributed by atoms with Crippen molar-refractivity contribution in [2.45, 2.75) is 26.1 Å². The summed E-state index contributed by atoms with van der Waals surface area (Å²) in [5.41, 5.74) is 0.345. The van der Waals surface area contributed by atoms with E-state index in [1.807, 2.05) is 0 Å². The fourth-order valence-electron chi connectivity index (χ4n) is 3.26. The van der Waals surface area contributed by atoms with Crippen LogP contribution in [-0.2, 0) is 19.2 Å². The Morgan fingerprint density at radius 3 is 2.63 bits per heavy atom. The molecule has 0 aliphatic heterocycles. The quantitative estimate of drug-likeness (QED) is 0.298. The molecule has 0 aliphatic rings. The van der Waals surface area contributed by atoms with Gasteiger partial charge in [0.15, 0.2) is 5.76 Å². The molecule has 10 heteroatoms. The number of alkyl halides is 3. The van der Waals surface area contributed by atoms with Crippen LogP contribution in [0.2, 0.25) is 0 Å². The number of hydrogen-bond acceptors (Lipinski definition) is 6. The van der Waals surface area contributed by atoms with Gasteiger partial charge in [-0.1, -0.05) is 24.3 Å². The van der Waals surface area contributed by atoms with Crippen molar-refractivity contribution < 1.29 is 31.9 Å². The number of thiazole rings is 1. The Hall–Kier alpha value is -3.79. The van der Waals surface area contributed by atoms with Crippen molar-refractivity contribution >= 4 is 22.2 Å². The number of amides is 1. The molecule has 0 fully saturated rings. The molecule has 6 nitrogen and oxygen atoms in total. The largest absolute Gasteiger partial charge is 0.497 e. The molecule has 1 N–H and O–H groups in total. The van der Waals surface area contributed by atoms with Crippen LogP contribution in [-0.4, -0.2) is 18.0 Å². The first kappa shape index (κ1) is 24.3. The van der Waals surface area contributed by atoms with E-state index in [1.54, 1.807) is 56.5 Å². The fraction of sp³-hybridized carbons (Fsp3) is 0.200. The third-order valence-electron chi connectivity index (χ3n) is 4.99. The van der Waals surface area contributed by atoms with E-state index in [0.717, 1.165) is 12.1 Å². The van der Waals surface area contributed by atoms with Crippen molar-refractivity contribution in [2.24, 2.45) is 0 Å². The molecule has 0 saturated carbocycles. The van der Waals surface area contributed by atoms with Gasteiger partial charge in [-0.2, -0.15) is 13.2 Å². The number of carbonyl (C=O) groups excluding carboxylic acids is 1. The van der Waals surface area contributed by atoms with E-state index < -0.39 is 17.6 Å². The first-order chi connectivity index (χ1) is 16.7. The van der Waals surface area contributed by atoms with Crippen molar-refractivity contribution in [1.29, 1.82) is 0 Å². The smallest absolute Gasteiger partial charge is 0.416 e. The number of methoxy groups -OCH3 is 1. The molecule has 0 aliphatic carbocycles. The molecular formula is C25H21F3N2O4S. The number of anilines is 1. The molecule has 2 heterocycles. The zero-order chi connectivity index (χ0) is 25.0. The lowest BCUT2D eigenvalue weighted by molar-refractivity contribution is -0.137. The van der Waals surface area contributed by atoms with Gasteiger partial charge in [-0.05, 0) is 42.8 Å². The highest BCUT2D eigenvalue weighted by Crippen LogP contribution is 2.31. The molecule has 0 bridgehead atoms. The van der Waals surface area contributed by atoms with E-state index in [0.29, 0.717) is 38.5 Å². The minimum Gasteiger partial charge on any atom is -0.497 e. The van der Waals surface area contributed by atoms with Crippen molar-refractivity contribution in [3.8, 4) is 11.5 Å². The fourth-order valence-corrected chi connectivity index (χ4v) is 4.26. The van der Waals surface area contributed by atoms with Gasteiger partial charge in [0.1, 0.15) is 28.9 Å². The molecule has 0 radical (unpaired) electrons. The highest BCUT2D eigenvalue weighted by molar-refractivity contribution is 7.16. The highest BCUT2D eigenvalue weighted by atomic mass is 32.1. The van der Waals surface area contributed by atoms with E-state index in [9.17, 15) is 18.0 Å². The minimum absolute atomic E-state index is 0.0986. The molecule has 4 rings (SSSR count). The number of halogens is 3.